The Bertz CT molecular complexity index is 260. The molecule has 0 fully saturated rings. The van der Waals surface area contributed by atoms with Crippen LogP contribution < -0.4 is 0 Å². The van der Waals surface area contributed by atoms with Crippen LogP contribution in [0.2, 0.25) is 0 Å². The minimum Gasteiger partial charge on any atom is -0.395 e. The lowest BCUT2D eigenvalue weighted by molar-refractivity contribution is -0.0510. The quantitative estimate of drug-likeness (QED) is 0.461. The fourth-order valence-electron chi connectivity index (χ4n) is 0.453. The van der Waals surface area contributed by atoms with Gasteiger partial charge >= 0.3 is 15.6 Å². The number of hydrogen-bond acceptors (Lipinski definition) is 5. The van der Waals surface area contributed by atoms with Gasteiger partial charge in [-0.15, -0.1) is 0 Å². The predicted molar refractivity (Wildman–Crippen MR) is 49.3 cm³/mol. The Kier molecular flexibility index (Phi) is 8.74. The SMILES string of the molecule is CN(CCO)CCO.O=S(=O)(O)C(F)(F)F. The summed E-state index contributed by atoms with van der Waals surface area (Å²) < 4.78 is 57.5. The second-order valence-electron chi connectivity index (χ2n) is 2.67. The van der Waals surface area contributed by atoms with E-state index in [9.17, 15) is 13.2 Å². The van der Waals surface area contributed by atoms with Crippen molar-refractivity contribution in [2.24, 2.45) is 0 Å². The summed E-state index contributed by atoms with van der Waals surface area (Å²) in [5.41, 5.74) is -5.53. The molecule has 16 heavy (non-hydrogen) atoms. The Morgan fingerprint density at radius 2 is 1.38 bits per heavy atom. The molecular formula is C6H14F3NO5S. The highest BCUT2D eigenvalue weighted by molar-refractivity contribution is 7.86. The molecule has 10 heteroatoms. The third kappa shape index (κ3) is 10.1. The van der Waals surface area contributed by atoms with E-state index in [2.05, 4.69) is 0 Å². The molecule has 0 aromatic rings. The van der Waals surface area contributed by atoms with E-state index < -0.39 is 15.6 Å². The number of rotatable bonds is 4. The summed E-state index contributed by atoms with van der Waals surface area (Å²) in [6.07, 6.45) is 0. The van der Waals surface area contributed by atoms with Crippen molar-refractivity contribution < 1.29 is 36.4 Å². The zero-order valence-electron chi connectivity index (χ0n) is 8.48. The van der Waals surface area contributed by atoms with Crippen molar-refractivity contribution in [2.75, 3.05) is 33.4 Å². The molecule has 0 bridgehead atoms. The van der Waals surface area contributed by atoms with Gasteiger partial charge in [-0.2, -0.15) is 21.6 Å². The number of halogens is 3. The number of alkyl halides is 3. The van der Waals surface area contributed by atoms with Gasteiger partial charge in [-0.3, -0.25) is 4.55 Å². The Hall–Kier alpha value is -0.420. The minimum atomic E-state index is -5.84. The van der Waals surface area contributed by atoms with E-state index in [0.717, 1.165) is 0 Å². The lowest BCUT2D eigenvalue weighted by Gasteiger charge is -2.11. The third-order valence-electron chi connectivity index (χ3n) is 1.26. The van der Waals surface area contributed by atoms with Gasteiger partial charge in [0.15, 0.2) is 0 Å². The van der Waals surface area contributed by atoms with E-state index in [0.29, 0.717) is 13.1 Å². The maximum absolute atomic E-state index is 10.7. The molecule has 0 saturated heterocycles. The van der Waals surface area contributed by atoms with Crippen LogP contribution in [-0.2, 0) is 10.1 Å². The largest absolute Gasteiger partial charge is 0.522 e. The first kappa shape index (κ1) is 18.0. The van der Waals surface area contributed by atoms with Crippen molar-refractivity contribution in [3.63, 3.8) is 0 Å². The fourth-order valence-corrected chi connectivity index (χ4v) is 0.453. The van der Waals surface area contributed by atoms with Gasteiger partial charge in [0.05, 0.1) is 13.2 Å². The van der Waals surface area contributed by atoms with Crippen LogP contribution in [-0.4, -0.2) is 66.9 Å². The maximum atomic E-state index is 10.7. The van der Waals surface area contributed by atoms with Crippen LogP contribution in [0.15, 0.2) is 0 Å². The average molecular weight is 269 g/mol. The van der Waals surface area contributed by atoms with E-state index in [1.54, 1.807) is 0 Å². The zero-order chi connectivity index (χ0) is 13.4. The molecule has 0 atom stereocenters. The van der Waals surface area contributed by atoms with Crippen molar-refractivity contribution in [3.8, 4) is 0 Å². The Balaban J connectivity index is 0. The van der Waals surface area contributed by atoms with Crippen LogP contribution in [0.25, 0.3) is 0 Å². The molecular weight excluding hydrogens is 255 g/mol. The second kappa shape index (κ2) is 7.79. The normalized spacial score (nSPS) is 12.2. The van der Waals surface area contributed by atoms with Crippen LogP contribution in [0.1, 0.15) is 0 Å². The summed E-state index contributed by atoms with van der Waals surface area (Å²) in [4.78, 5) is 1.86. The van der Waals surface area contributed by atoms with Crippen molar-refractivity contribution in [1.82, 2.24) is 4.90 Å². The molecule has 100 valence electrons. The molecule has 0 aromatic carbocycles. The van der Waals surface area contributed by atoms with E-state index in [1.165, 1.54) is 0 Å². The standard InChI is InChI=1S/C5H13NO2.CHF3O3S/c1-6(2-4-7)3-5-8;2-1(3,4)8(5,6)7/h7-8H,2-5H2,1H3;(H,5,6,7). The van der Waals surface area contributed by atoms with Crippen molar-refractivity contribution in [2.45, 2.75) is 5.51 Å². The molecule has 0 aliphatic heterocycles. The fraction of sp³-hybridized carbons (Fsp3) is 1.00. The average Bonchev–Trinajstić information content (AvgIpc) is 2.02. The first-order chi connectivity index (χ1) is 7.06. The van der Waals surface area contributed by atoms with Gasteiger partial charge in [0.1, 0.15) is 0 Å². The highest BCUT2D eigenvalue weighted by Crippen LogP contribution is 2.20. The first-order valence-electron chi connectivity index (χ1n) is 4.00. The van der Waals surface area contributed by atoms with Gasteiger partial charge in [0.2, 0.25) is 0 Å². The van der Waals surface area contributed by atoms with E-state index >= 15 is 0 Å². The summed E-state index contributed by atoms with van der Waals surface area (Å²) in [6.45, 7) is 1.61. The molecule has 0 aromatic heterocycles. The van der Waals surface area contributed by atoms with Crippen molar-refractivity contribution in [3.05, 3.63) is 0 Å². The number of hydrogen-bond donors (Lipinski definition) is 3. The molecule has 0 spiro atoms. The molecule has 0 aliphatic carbocycles. The summed E-state index contributed by atoms with van der Waals surface area (Å²) in [7, 11) is -3.99. The predicted octanol–water partition coefficient (Wildman–Crippen LogP) is -0.703. The summed E-state index contributed by atoms with van der Waals surface area (Å²) in [6, 6.07) is 0. The van der Waals surface area contributed by atoms with E-state index in [-0.39, 0.29) is 13.2 Å². The smallest absolute Gasteiger partial charge is 0.395 e. The van der Waals surface area contributed by atoms with Gasteiger partial charge in [-0.05, 0) is 7.05 Å². The Morgan fingerprint density at radius 3 is 1.50 bits per heavy atom. The zero-order valence-corrected chi connectivity index (χ0v) is 9.29. The summed E-state index contributed by atoms with van der Waals surface area (Å²) >= 11 is 0. The van der Waals surface area contributed by atoms with Gasteiger partial charge in [-0.1, -0.05) is 0 Å². The highest BCUT2D eigenvalue weighted by Gasteiger charge is 2.44. The molecule has 0 heterocycles. The van der Waals surface area contributed by atoms with Crippen molar-refractivity contribution >= 4 is 10.1 Å². The molecule has 0 aliphatic rings. The molecule has 0 amide bonds. The van der Waals surface area contributed by atoms with Crippen LogP contribution in [0.4, 0.5) is 13.2 Å². The second-order valence-corrected chi connectivity index (χ2v) is 4.08. The van der Waals surface area contributed by atoms with E-state index in [1.807, 2.05) is 11.9 Å². The van der Waals surface area contributed by atoms with Gasteiger partial charge in [0, 0.05) is 13.1 Å². The number of aliphatic hydroxyl groups is 2. The van der Waals surface area contributed by atoms with Gasteiger partial charge in [0.25, 0.3) is 0 Å². The van der Waals surface area contributed by atoms with Crippen LogP contribution in [0, 0.1) is 0 Å². The molecule has 0 radical (unpaired) electrons. The lowest BCUT2D eigenvalue weighted by atomic mass is 10.5. The third-order valence-corrected chi connectivity index (χ3v) is 1.84. The Labute approximate surface area is 91.0 Å². The molecule has 3 N–H and O–H groups in total. The van der Waals surface area contributed by atoms with Crippen LogP contribution in [0.3, 0.4) is 0 Å². The number of aliphatic hydroxyl groups excluding tert-OH is 2. The van der Waals surface area contributed by atoms with E-state index in [4.69, 9.17) is 23.2 Å². The first-order valence-corrected chi connectivity index (χ1v) is 5.44. The molecule has 0 rings (SSSR count). The van der Waals surface area contributed by atoms with Crippen LogP contribution >= 0.6 is 0 Å². The van der Waals surface area contributed by atoms with Crippen molar-refractivity contribution in [1.29, 1.82) is 0 Å². The minimum absolute atomic E-state index is 0.163. The highest BCUT2D eigenvalue weighted by atomic mass is 32.2. The molecule has 0 unspecified atom stereocenters. The van der Waals surface area contributed by atoms with Crippen LogP contribution in [0.5, 0.6) is 0 Å². The van der Waals surface area contributed by atoms with Gasteiger partial charge in [-0.25, -0.2) is 0 Å². The maximum Gasteiger partial charge on any atom is 0.522 e. The summed E-state index contributed by atoms with van der Waals surface area (Å²) in [5, 5.41) is 16.7. The molecule has 6 nitrogen and oxygen atoms in total. The summed E-state index contributed by atoms with van der Waals surface area (Å²) in [5.74, 6) is 0. The molecule has 0 saturated carbocycles. The number of nitrogens with zero attached hydrogens (tertiary/aromatic N) is 1. The Morgan fingerprint density at radius 1 is 1.12 bits per heavy atom. The lowest BCUT2D eigenvalue weighted by Crippen LogP contribution is -2.25. The van der Waals surface area contributed by atoms with Gasteiger partial charge < -0.3 is 15.1 Å². The topological polar surface area (TPSA) is 98.1 Å². The monoisotopic (exact) mass is 269 g/mol. The number of likely N-dealkylation sites (N-methyl/N-ethyl adjacent to an activating group) is 1.